The number of amides is 2. The number of aliphatic hydroxyl groups is 1. The standard InChI is InChI=1S/C14H18N2O4/c1-3-8-15(2)14(20)16(9-10-17)12-6-4-11(5-7-12)13(18)19/h3-7,17H,1,8-10H2,2H3,(H,18,19). The molecule has 0 radical (unpaired) electrons. The van der Waals surface area contributed by atoms with E-state index in [-0.39, 0.29) is 24.7 Å². The molecular weight excluding hydrogens is 260 g/mol. The Morgan fingerprint density at radius 3 is 2.35 bits per heavy atom. The quantitative estimate of drug-likeness (QED) is 0.771. The number of hydrogen-bond donors (Lipinski definition) is 2. The number of urea groups is 1. The van der Waals surface area contributed by atoms with Gasteiger partial charge in [-0.25, -0.2) is 9.59 Å². The molecule has 6 heteroatoms. The van der Waals surface area contributed by atoms with Crippen molar-refractivity contribution in [3.05, 3.63) is 42.5 Å². The number of hydrogen-bond acceptors (Lipinski definition) is 3. The lowest BCUT2D eigenvalue weighted by Crippen LogP contribution is -2.42. The van der Waals surface area contributed by atoms with E-state index < -0.39 is 5.97 Å². The molecule has 108 valence electrons. The van der Waals surface area contributed by atoms with Crippen LogP contribution in [-0.4, -0.2) is 53.9 Å². The molecule has 0 fully saturated rings. The monoisotopic (exact) mass is 278 g/mol. The molecule has 0 aromatic heterocycles. The van der Waals surface area contributed by atoms with E-state index in [0.29, 0.717) is 12.2 Å². The van der Waals surface area contributed by atoms with Gasteiger partial charge in [0.05, 0.1) is 18.7 Å². The van der Waals surface area contributed by atoms with Crippen molar-refractivity contribution in [3.63, 3.8) is 0 Å². The van der Waals surface area contributed by atoms with Crippen LogP contribution in [0.1, 0.15) is 10.4 Å². The molecule has 0 aliphatic carbocycles. The molecule has 0 bridgehead atoms. The Bertz CT molecular complexity index is 484. The van der Waals surface area contributed by atoms with E-state index >= 15 is 0 Å². The molecule has 2 N–H and O–H groups in total. The Hall–Kier alpha value is -2.34. The van der Waals surface area contributed by atoms with Crippen molar-refractivity contribution >= 4 is 17.7 Å². The molecule has 1 rings (SSSR count). The van der Waals surface area contributed by atoms with Crippen LogP contribution in [0.4, 0.5) is 10.5 Å². The number of carbonyl (C=O) groups excluding carboxylic acids is 1. The number of aliphatic hydroxyl groups excluding tert-OH is 1. The van der Waals surface area contributed by atoms with E-state index in [1.54, 1.807) is 25.3 Å². The molecule has 6 nitrogen and oxygen atoms in total. The van der Waals surface area contributed by atoms with Crippen LogP contribution in [0.25, 0.3) is 0 Å². The average Bonchev–Trinajstić information content (AvgIpc) is 2.44. The Labute approximate surface area is 117 Å². The molecule has 0 saturated carbocycles. The first-order valence-corrected chi connectivity index (χ1v) is 6.09. The van der Waals surface area contributed by atoms with Crippen LogP contribution in [0.2, 0.25) is 0 Å². The fourth-order valence-electron chi connectivity index (χ4n) is 1.70. The summed E-state index contributed by atoms with van der Waals surface area (Å²) in [5.74, 6) is -1.03. The minimum Gasteiger partial charge on any atom is -0.478 e. The van der Waals surface area contributed by atoms with Crippen molar-refractivity contribution < 1.29 is 19.8 Å². The summed E-state index contributed by atoms with van der Waals surface area (Å²) in [7, 11) is 1.63. The van der Waals surface area contributed by atoms with Gasteiger partial charge in [0.2, 0.25) is 0 Å². The highest BCUT2D eigenvalue weighted by Gasteiger charge is 2.18. The fourth-order valence-corrected chi connectivity index (χ4v) is 1.70. The van der Waals surface area contributed by atoms with Crippen LogP contribution < -0.4 is 4.90 Å². The van der Waals surface area contributed by atoms with Gasteiger partial charge in [-0.2, -0.15) is 0 Å². The third-order valence-corrected chi connectivity index (χ3v) is 2.71. The average molecular weight is 278 g/mol. The molecule has 0 aliphatic rings. The molecule has 0 saturated heterocycles. The molecule has 2 amide bonds. The lowest BCUT2D eigenvalue weighted by atomic mass is 10.2. The second kappa shape index (κ2) is 7.30. The van der Waals surface area contributed by atoms with Gasteiger partial charge in [-0.05, 0) is 24.3 Å². The summed E-state index contributed by atoms with van der Waals surface area (Å²) in [6.07, 6.45) is 1.60. The minimum atomic E-state index is -1.03. The summed E-state index contributed by atoms with van der Waals surface area (Å²) in [5, 5.41) is 17.9. The number of carbonyl (C=O) groups is 2. The summed E-state index contributed by atoms with van der Waals surface area (Å²) >= 11 is 0. The topological polar surface area (TPSA) is 81.1 Å². The Morgan fingerprint density at radius 1 is 1.30 bits per heavy atom. The van der Waals surface area contributed by atoms with E-state index in [1.807, 2.05) is 0 Å². The van der Waals surface area contributed by atoms with Crippen LogP contribution in [0.15, 0.2) is 36.9 Å². The van der Waals surface area contributed by atoms with Crippen molar-refractivity contribution in [1.82, 2.24) is 4.90 Å². The first-order chi connectivity index (χ1) is 9.51. The van der Waals surface area contributed by atoms with Crippen LogP contribution in [0.5, 0.6) is 0 Å². The Morgan fingerprint density at radius 2 is 1.90 bits per heavy atom. The van der Waals surface area contributed by atoms with Gasteiger partial charge in [-0.1, -0.05) is 6.08 Å². The van der Waals surface area contributed by atoms with Gasteiger partial charge in [-0.3, -0.25) is 4.90 Å². The number of carboxylic acids is 1. The first kappa shape index (κ1) is 15.7. The second-order valence-corrected chi connectivity index (χ2v) is 4.18. The zero-order valence-corrected chi connectivity index (χ0v) is 11.3. The van der Waals surface area contributed by atoms with E-state index in [4.69, 9.17) is 10.2 Å². The maximum atomic E-state index is 12.2. The van der Waals surface area contributed by atoms with Crippen molar-refractivity contribution in [2.45, 2.75) is 0 Å². The number of anilines is 1. The van der Waals surface area contributed by atoms with Gasteiger partial charge < -0.3 is 15.1 Å². The number of nitrogens with zero attached hydrogens (tertiary/aromatic N) is 2. The number of aromatic carboxylic acids is 1. The molecule has 20 heavy (non-hydrogen) atoms. The minimum absolute atomic E-state index is 0.132. The molecular formula is C14H18N2O4. The van der Waals surface area contributed by atoms with Crippen molar-refractivity contribution in [3.8, 4) is 0 Å². The summed E-state index contributed by atoms with van der Waals surface area (Å²) in [4.78, 5) is 25.9. The molecule has 0 heterocycles. The third kappa shape index (κ3) is 3.83. The normalized spacial score (nSPS) is 9.90. The number of likely N-dealkylation sites (N-methyl/N-ethyl adjacent to an activating group) is 1. The van der Waals surface area contributed by atoms with E-state index in [1.165, 1.54) is 21.9 Å². The van der Waals surface area contributed by atoms with Gasteiger partial charge in [0.1, 0.15) is 0 Å². The van der Waals surface area contributed by atoms with Gasteiger partial charge >= 0.3 is 12.0 Å². The molecule has 0 unspecified atom stereocenters. The summed E-state index contributed by atoms with van der Waals surface area (Å²) in [5.41, 5.74) is 0.676. The maximum absolute atomic E-state index is 12.2. The highest BCUT2D eigenvalue weighted by molar-refractivity contribution is 5.93. The highest BCUT2D eigenvalue weighted by atomic mass is 16.4. The van der Waals surface area contributed by atoms with Crippen LogP contribution in [0, 0.1) is 0 Å². The Kier molecular flexibility index (Phi) is 5.74. The SMILES string of the molecule is C=CCN(C)C(=O)N(CCO)c1ccc(C(=O)O)cc1. The van der Waals surface area contributed by atoms with Gasteiger partial charge in [0.15, 0.2) is 0 Å². The number of carboxylic acid groups (broad SMARTS) is 1. The molecule has 1 aromatic rings. The zero-order valence-electron chi connectivity index (χ0n) is 11.3. The molecule has 1 aromatic carbocycles. The highest BCUT2D eigenvalue weighted by Crippen LogP contribution is 2.17. The third-order valence-electron chi connectivity index (χ3n) is 2.71. The van der Waals surface area contributed by atoms with E-state index in [9.17, 15) is 9.59 Å². The van der Waals surface area contributed by atoms with Crippen molar-refractivity contribution in [2.75, 3.05) is 31.6 Å². The largest absolute Gasteiger partial charge is 0.478 e. The number of benzene rings is 1. The summed E-state index contributed by atoms with van der Waals surface area (Å²) < 4.78 is 0. The molecule has 0 spiro atoms. The summed E-state index contributed by atoms with van der Waals surface area (Å²) in [6.45, 7) is 3.89. The van der Waals surface area contributed by atoms with E-state index in [2.05, 4.69) is 6.58 Å². The number of rotatable bonds is 6. The van der Waals surface area contributed by atoms with Gasteiger partial charge in [0, 0.05) is 19.3 Å². The van der Waals surface area contributed by atoms with Gasteiger partial charge in [-0.15, -0.1) is 6.58 Å². The van der Waals surface area contributed by atoms with Crippen molar-refractivity contribution in [2.24, 2.45) is 0 Å². The lowest BCUT2D eigenvalue weighted by Gasteiger charge is -2.27. The molecule has 0 atom stereocenters. The lowest BCUT2D eigenvalue weighted by molar-refractivity contribution is 0.0697. The first-order valence-electron chi connectivity index (χ1n) is 6.09. The smallest absolute Gasteiger partial charge is 0.335 e. The Balaban J connectivity index is 2.97. The van der Waals surface area contributed by atoms with E-state index in [0.717, 1.165) is 0 Å². The predicted octanol–water partition coefficient (Wildman–Crippen LogP) is 1.42. The maximum Gasteiger partial charge on any atom is 0.335 e. The predicted molar refractivity (Wildman–Crippen MR) is 76.1 cm³/mol. The fraction of sp³-hybridized carbons (Fsp3) is 0.286. The summed E-state index contributed by atoms with van der Waals surface area (Å²) in [6, 6.07) is 5.63. The second-order valence-electron chi connectivity index (χ2n) is 4.18. The molecule has 0 aliphatic heterocycles. The van der Waals surface area contributed by atoms with Crippen molar-refractivity contribution in [1.29, 1.82) is 0 Å². The zero-order chi connectivity index (χ0) is 15.1. The van der Waals surface area contributed by atoms with Crippen LogP contribution in [0.3, 0.4) is 0 Å². The van der Waals surface area contributed by atoms with Crippen LogP contribution in [-0.2, 0) is 0 Å². The van der Waals surface area contributed by atoms with Crippen LogP contribution >= 0.6 is 0 Å². The van der Waals surface area contributed by atoms with Gasteiger partial charge in [0.25, 0.3) is 0 Å².